The fourth-order valence-corrected chi connectivity index (χ4v) is 3.34. The van der Waals surface area contributed by atoms with E-state index in [1.54, 1.807) is 19.2 Å². The van der Waals surface area contributed by atoms with Crippen molar-refractivity contribution in [1.29, 1.82) is 0 Å². The lowest BCUT2D eigenvalue weighted by atomic mass is 10.3. The van der Waals surface area contributed by atoms with Crippen LogP contribution in [0.25, 0.3) is 10.1 Å². The normalized spacial score (nSPS) is 10.8. The van der Waals surface area contributed by atoms with Crippen molar-refractivity contribution in [3.05, 3.63) is 34.6 Å². The zero-order valence-corrected chi connectivity index (χ0v) is 13.1. The van der Waals surface area contributed by atoms with Crippen molar-refractivity contribution >= 4 is 44.2 Å². The Hall–Kier alpha value is -2.33. The van der Waals surface area contributed by atoms with Crippen LogP contribution in [0, 0.1) is 0 Å². The number of hydrogen-bond donors (Lipinski definition) is 1. The molecule has 0 saturated carbocycles. The number of fused-ring (bicyclic) bond motifs is 1. The predicted octanol–water partition coefficient (Wildman–Crippen LogP) is 0.330. The Morgan fingerprint density at radius 3 is 3.05 bits per heavy atom. The Labute approximate surface area is 132 Å². The van der Waals surface area contributed by atoms with Gasteiger partial charge in [-0.15, -0.1) is 5.10 Å². The van der Waals surface area contributed by atoms with Gasteiger partial charge in [-0.2, -0.15) is 4.98 Å². The highest BCUT2D eigenvalue weighted by Gasteiger charge is 2.15. The van der Waals surface area contributed by atoms with Gasteiger partial charge in [-0.1, -0.05) is 23.9 Å². The summed E-state index contributed by atoms with van der Waals surface area (Å²) in [7, 11) is 1.70. The number of anilines is 1. The van der Waals surface area contributed by atoms with Gasteiger partial charge in [0, 0.05) is 11.7 Å². The molecule has 2 heterocycles. The highest BCUT2D eigenvalue weighted by atomic mass is 32.2. The average Bonchev–Trinajstić information content (AvgIpc) is 2.90. The summed E-state index contributed by atoms with van der Waals surface area (Å²) in [5.74, 6) is -0.0920. The molecule has 1 amide bonds. The van der Waals surface area contributed by atoms with Crippen LogP contribution in [0.1, 0.15) is 0 Å². The molecule has 3 rings (SSSR count). The molecule has 22 heavy (non-hydrogen) atoms. The van der Waals surface area contributed by atoms with Crippen molar-refractivity contribution in [2.24, 2.45) is 7.05 Å². The van der Waals surface area contributed by atoms with E-state index < -0.39 is 0 Å². The molecule has 0 fully saturated rings. The molecule has 10 heteroatoms. The van der Waals surface area contributed by atoms with Crippen LogP contribution in [0.4, 0.5) is 5.13 Å². The summed E-state index contributed by atoms with van der Waals surface area (Å²) in [5, 5.41) is 15.2. The van der Waals surface area contributed by atoms with Crippen LogP contribution in [-0.2, 0) is 11.8 Å². The van der Waals surface area contributed by atoms with Crippen molar-refractivity contribution in [3.8, 4) is 0 Å². The third-order valence-corrected chi connectivity index (χ3v) is 4.73. The van der Waals surface area contributed by atoms with Crippen LogP contribution in [0.3, 0.4) is 0 Å². The van der Waals surface area contributed by atoms with E-state index in [4.69, 9.17) is 0 Å². The molecule has 0 unspecified atom stereocenters. The van der Waals surface area contributed by atoms with E-state index >= 15 is 0 Å². The second-order valence-corrected chi connectivity index (χ2v) is 6.30. The molecule has 0 spiro atoms. The number of aromatic amines is 1. The lowest BCUT2D eigenvalue weighted by Gasteiger charge is -1.98. The first kappa shape index (κ1) is 14.6. The van der Waals surface area contributed by atoms with Gasteiger partial charge >= 0.3 is 16.6 Å². The summed E-state index contributed by atoms with van der Waals surface area (Å²) in [5.41, 5.74) is -0.227. The average molecular weight is 335 g/mol. The number of nitrogens with zero attached hydrogens (tertiary/aromatic N) is 4. The van der Waals surface area contributed by atoms with Crippen LogP contribution < -0.4 is 15.9 Å². The largest absolute Gasteiger partial charge is 0.342 e. The van der Waals surface area contributed by atoms with Gasteiger partial charge in [0.05, 0.1) is 5.39 Å². The molecule has 0 aliphatic heterocycles. The Morgan fingerprint density at radius 1 is 1.45 bits per heavy atom. The molecular weight excluding hydrogens is 324 g/mol. The summed E-state index contributed by atoms with van der Waals surface area (Å²) in [6.07, 6.45) is 0. The molecule has 2 N–H and O–H groups in total. The number of aryl methyl sites for hydroxylation is 1. The van der Waals surface area contributed by atoms with Crippen molar-refractivity contribution in [3.63, 3.8) is 0 Å². The van der Waals surface area contributed by atoms with Crippen molar-refractivity contribution in [1.82, 2.24) is 20.2 Å². The molecule has 1 aromatic carbocycles. The number of nitrogens with one attached hydrogen (secondary N) is 2. The van der Waals surface area contributed by atoms with Gasteiger partial charge in [-0.25, -0.2) is 19.6 Å². The Bertz CT molecular complexity index is 890. The molecule has 112 valence electrons. The second kappa shape index (κ2) is 6.20. The fraction of sp³-hybridized carbons (Fsp3) is 0.167. The van der Waals surface area contributed by atoms with Crippen LogP contribution in [0.5, 0.6) is 0 Å². The maximum Gasteiger partial charge on any atom is 0.342 e. The molecule has 0 saturated heterocycles. The number of amides is 1. The number of rotatable bonds is 4. The van der Waals surface area contributed by atoms with Gasteiger partial charge in [-0.05, 0) is 33.9 Å². The van der Waals surface area contributed by atoms with E-state index in [-0.39, 0.29) is 17.2 Å². The molecule has 0 radical (unpaired) electrons. The second-order valence-electron chi connectivity index (χ2n) is 4.30. The Kier molecular flexibility index (Phi) is 4.11. The molecule has 0 aliphatic rings. The number of H-pyrrole nitrogens is 1. The Morgan fingerprint density at radius 2 is 2.27 bits per heavy atom. The molecular formula is C12H11N6O2S2+. The maximum absolute atomic E-state index is 11.9. The minimum absolute atomic E-state index is 0.149. The van der Waals surface area contributed by atoms with Crippen molar-refractivity contribution in [2.45, 2.75) is 5.16 Å². The molecule has 0 bridgehead atoms. The van der Waals surface area contributed by atoms with Crippen LogP contribution in [0.15, 0.2) is 34.2 Å². The zero-order chi connectivity index (χ0) is 15.5. The van der Waals surface area contributed by atoms with Gasteiger partial charge < -0.3 is 0 Å². The smallest absolute Gasteiger partial charge is 0.246 e. The molecule has 0 aliphatic carbocycles. The minimum Gasteiger partial charge on any atom is -0.246 e. The first-order valence-corrected chi connectivity index (χ1v) is 8.04. The van der Waals surface area contributed by atoms with Crippen LogP contribution >= 0.6 is 23.1 Å². The third-order valence-electron chi connectivity index (χ3n) is 2.74. The van der Waals surface area contributed by atoms with E-state index in [0.717, 1.165) is 4.70 Å². The summed E-state index contributed by atoms with van der Waals surface area (Å²) in [6.45, 7) is 0. The lowest BCUT2D eigenvalue weighted by molar-refractivity contribution is -0.373. The first-order valence-electron chi connectivity index (χ1n) is 6.23. The summed E-state index contributed by atoms with van der Waals surface area (Å²) in [4.78, 5) is 26.5. The lowest BCUT2D eigenvalue weighted by Crippen LogP contribution is -2.31. The van der Waals surface area contributed by atoms with Gasteiger partial charge in [-0.3, -0.25) is 0 Å². The highest BCUT2D eigenvalue weighted by molar-refractivity contribution is 7.99. The van der Waals surface area contributed by atoms with Gasteiger partial charge in [0.15, 0.2) is 0 Å². The SMILES string of the molecule is Cn1nnnc1SCC(=O)Nc1[nH+]c(=O)c2ccccc2s1. The molecule has 2 aromatic heterocycles. The van der Waals surface area contributed by atoms with Crippen LogP contribution in [-0.4, -0.2) is 31.9 Å². The molecule has 8 nitrogen and oxygen atoms in total. The monoisotopic (exact) mass is 335 g/mol. The Balaban J connectivity index is 1.71. The predicted molar refractivity (Wildman–Crippen MR) is 82.8 cm³/mol. The van der Waals surface area contributed by atoms with E-state index in [9.17, 15) is 9.59 Å². The number of tetrazole rings is 1. The van der Waals surface area contributed by atoms with E-state index in [2.05, 4.69) is 25.8 Å². The topological polar surface area (TPSA) is 104 Å². The third kappa shape index (κ3) is 3.12. The van der Waals surface area contributed by atoms with E-state index in [1.807, 2.05) is 12.1 Å². The number of aromatic nitrogens is 5. The van der Waals surface area contributed by atoms with Crippen LogP contribution in [0.2, 0.25) is 0 Å². The maximum atomic E-state index is 11.9. The molecule has 3 aromatic rings. The standard InChI is InChI=1S/C12H10N6O2S2/c1-18-12(15-16-17-18)21-6-9(19)13-11-14-10(20)7-4-2-3-5-8(7)22-11/h2-5H,6H2,1H3,(H,13,14,19,20)/p+1. The van der Waals surface area contributed by atoms with E-state index in [1.165, 1.54) is 27.8 Å². The number of thioether (sulfide) groups is 1. The quantitative estimate of drug-likeness (QED) is 0.689. The number of carbonyl (C=O) groups excluding carboxylic acids is 1. The van der Waals surface area contributed by atoms with Gasteiger partial charge in [0.1, 0.15) is 5.75 Å². The molecule has 0 atom stereocenters. The zero-order valence-electron chi connectivity index (χ0n) is 11.4. The van der Waals surface area contributed by atoms with Crippen molar-refractivity contribution < 1.29 is 9.78 Å². The number of benzene rings is 1. The van der Waals surface area contributed by atoms with Gasteiger partial charge in [0.2, 0.25) is 5.16 Å². The van der Waals surface area contributed by atoms with E-state index in [0.29, 0.717) is 15.7 Å². The van der Waals surface area contributed by atoms with Crippen molar-refractivity contribution in [2.75, 3.05) is 11.1 Å². The number of carbonyl (C=O) groups is 1. The first-order chi connectivity index (χ1) is 10.6. The van der Waals surface area contributed by atoms with Gasteiger partial charge in [0.25, 0.3) is 0 Å². The highest BCUT2D eigenvalue weighted by Crippen LogP contribution is 2.19. The summed E-state index contributed by atoms with van der Waals surface area (Å²) in [6, 6.07) is 7.23. The minimum atomic E-state index is -0.241. The summed E-state index contributed by atoms with van der Waals surface area (Å²) < 4.78 is 2.30. The fourth-order valence-electron chi connectivity index (χ4n) is 1.74. The summed E-state index contributed by atoms with van der Waals surface area (Å²) >= 11 is 2.53. The number of hydrogen-bond acceptors (Lipinski definition) is 7.